The predicted molar refractivity (Wildman–Crippen MR) is 75.0 cm³/mol. The Bertz CT molecular complexity index is 549. The first-order valence-corrected chi connectivity index (χ1v) is 6.25. The molecule has 3 heteroatoms. The molecule has 0 saturated heterocycles. The fourth-order valence-electron chi connectivity index (χ4n) is 1.98. The number of hydrogen-bond acceptors (Lipinski definition) is 3. The molecule has 0 atom stereocenters. The number of hydrogen-bond donors (Lipinski definition) is 1. The van der Waals surface area contributed by atoms with Gasteiger partial charge in [0.15, 0.2) is 11.5 Å². The molecule has 100 valence electrons. The van der Waals surface area contributed by atoms with E-state index in [1.807, 2.05) is 12.1 Å². The molecule has 0 saturated carbocycles. The first-order chi connectivity index (χ1) is 9.22. The lowest BCUT2D eigenvalue weighted by Gasteiger charge is -2.12. The van der Waals surface area contributed by atoms with Crippen molar-refractivity contribution in [1.82, 2.24) is 0 Å². The number of methoxy groups -OCH3 is 1. The maximum atomic E-state index is 9.65. The van der Waals surface area contributed by atoms with Crippen LogP contribution in [0.25, 0.3) is 0 Å². The van der Waals surface area contributed by atoms with Gasteiger partial charge in [0.1, 0.15) is 0 Å². The number of rotatable bonds is 5. The first kappa shape index (κ1) is 13.3. The zero-order chi connectivity index (χ0) is 13.7. The fourth-order valence-corrected chi connectivity index (χ4v) is 1.98. The zero-order valence-corrected chi connectivity index (χ0v) is 11.2. The van der Waals surface area contributed by atoms with E-state index in [0.29, 0.717) is 18.1 Å². The lowest BCUT2D eigenvalue weighted by atomic mass is 10.1. The lowest BCUT2D eigenvalue weighted by molar-refractivity contribution is 0.289. The van der Waals surface area contributed by atoms with E-state index in [9.17, 15) is 5.11 Å². The van der Waals surface area contributed by atoms with Gasteiger partial charge in [0.05, 0.1) is 13.7 Å². The molecule has 2 aromatic carbocycles. The highest BCUT2D eigenvalue weighted by Gasteiger charge is 2.09. The van der Waals surface area contributed by atoms with Gasteiger partial charge in [-0.2, -0.15) is 0 Å². The van der Waals surface area contributed by atoms with E-state index in [4.69, 9.17) is 9.47 Å². The quantitative estimate of drug-likeness (QED) is 0.894. The number of aryl methyl sites for hydroxylation is 1. The summed E-state index contributed by atoms with van der Waals surface area (Å²) in [5.74, 6) is 1.04. The average Bonchev–Trinajstić information content (AvgIpc) is 2.41. The highest BCUT2D eigenvalue weighted by Crippen LogP contribution is 2.35. The summed E-state index contributed by atoms with van der Waals surface area (Å²) in [5.41, 5.74) is 2.52. The van der Waals surface area contributed by atoms with Gasteiger partial charge in [-0.25, -0.2) is 0 Å². The molecule has 2 rings (SSSR count). The monoisotopic (exact) mass is 258 g/mol. The summed E-state index contributed by atoms with van der Waals surface area (Å²) in [6.45, 7) is 2.63. The van der Waals surface area contributed by atoms with Crippen LogP contribution < -0.4 is 9.47 Å². The molecule has 2 aromatic rings. The Balaban J connectivity index is 2.00. The summed E-state index contributed by atoms with van der Waals surface area (Å²) in [6, 6.07) is 13.3. The highest BCUT2D eigenvalue weighted by molar-refractivity contribution is 5.50. The Labute approximate surface area is 113 Å². The van der Waals surface area contributed by atoms with Crippen LogP contribution in [0.4, 0.5) is 0 Å². The van der Waals surface area contributed by atoms with Crippen molar-refractivity contribution >= 4 is 0 Å². The van der Waals surface area contributed by atoms with E-state index in [1.54, 1.807) is 18.2 Å². The Morgan fingerprint density at radius 1 is 1.05 bits per heavy atom. The maximum Gasteiger partial charge on any atom is 0.203 e. The van der Waals surface area contributed by atoms with Crippen molar-refractivity contribution in [2.45, 2.75) is 13.3 Å². The van der Waals surface area contributed by atoms with E-state index in [0.717, 1.165) is 6.42 Å². The molecule has 0 radical (unpaired) electrons. The normalized spacial score (nSPS) is 10.2. The van der Waals surface area contributed by atoms with Crippen molar-refractivity contribution in [1.29, 1.82) is 0 Å². The number of aromatic hydroxyl groups is 1. The molecule has 1 N–H and O–H groups in total. The minimum atomic E-state index is 0.0934. The molecule has 0 aromatic heterocycles. The van der Waals surface area contributed by atoms with Crippen LogP contribution in [0.2, 0.25) is 0 Å². The third-order valence-corrected chi connectivity index (χ3v) is 3.05. The first-order valence-electron chi connectivity index (χ1n) is 6.25. The number of para-hydroxylation sites is 1. The predicted octanol–water partition coefficient (Wildman–Crippen LogP) is 3.33. The highest BCUT2D eigenvalue weighted by atomic mass is 16.5. The van der Waals surface area contributed by atoms with E-state index >= 15 is 0 Å². The zero-order valence-electron chi connectivity index (χ0n) is 11.2. The number of benzene rings is 2. The smallest absolute Gasteiger partial charge is 0.203 e. The standard InChI is InChI=1S/C16H18O3/c1-12-6-3-4-7-13(12)10-11-19-15-9-5-8-14(17)16(15)18-2/h3-9,17H,10-11H2,1-2H3. The van der Waals surface area contributed by atoms with E-state index in [2.05, 4.69) is 19.1 Å². The lowest BCUT2D eigenvalue weighted by Crippen LogP contribution is -2.03. The Hall–Kier alpha value is -2.16. The third kappa shape index (κ3) is 3.19. The summed E-state index contributed by atoms with van der Waals surface area (Å²) in [7, 11) is 1.52. The third-order valence-electron chi connectivity index (χ3n) is 3.05. The van der Waals surface area contributed by atoms with Gasteiger partial charge in [-0.05, 0) is 30.2 Å². The molecule has 0 aliphatic carbocycles. The number of ether oxygens (including phenoxy) is 2. The van der Waals surface area contributed by atoms with Crippen LogP contribution >= 0.6 is 0 Å². The summed E-state index contributed by atoms with van der Waals surface area (Å²) in [6.07, 6.45) is 0.825. The van der Waals surface area contributed by atoms with Gasteiger partial charge in [0.25, 0.3) is 0 Å². The van der Waals surface area contributed by atoms with Gasteiger partial charge in [-0.15, -0.1) is 0 Å². The van der Waals surface area contributed by atoms with Crippen molar-refractivity contribution in [3.05, 3.63) is 53.6 Å². The molecule has 0 fully saturated rings. The molecule has 0 aliphatic rings. The van der Waals surface area contributed by atoms with Gasteiger partial charge in [-0.1, -0.05) is 30.3 Å². The van der Waals surface area contributed by atoms with Crippen molar-refractivity contribution in [2.75, 3.05) is 13.7 Å². The second kappa shape index (κ2) is 6.14. The van der Waals surface area contributed by atoms with E-state index in [-0.39, 0.29) is 5.75 Å². The molecule has 0 amide bonds. The molecule has 0 heterocycles. The van der Waals surface area contributed by atoms with E-state index in [1.165, 1.54) is 18.2 Å². The van der Waals surface area contributed by atoms with Crippen LogP contribution in [0, 0.1) is 6.92 Å². The Morgan fingerprint density at radius 2 is 1.84 bits per heavy atom. The molecular formula is C16H18O3. The van der Waals surface area contributed by atoms with Crippen molar-refractivity contribution in [3.8, 4) is 17.2 Å². The molecule has 0 unspecified atom stereocenters. The minimum Gasteiger partial charge on any atom is -0.504 e. The van der Waals surface area contributed by atoms with Gasteiger partial charge >= 0.3 is 0 Å². The van der Waals surface area contributed by atoms with Crippen molar-refractivity contribution in [3.63, 3.8) is 0 Å². The van der Waals surface area contributed by atoms with Crippen LogP contribution in [-0.2, 0) is 6.42 Å². The summed E-state index contributed by atoms with van der Waals surface area (Å²) < 4.78 is 10.8. The van der Waals surface area contributed by atoms with Crippen molar-refractivity contribution in [2.24, 2.45) is 0 Å². The van der Waals surface area contributed by atoms with Crippen molar-refractivity contribution < 1.29 is 14.6 Å². The largest absolute Gasteiger partial charge is 0.504 e. The van der Waals surface area contributed by atoms with Gasteiger partial charge in [0, 0.05) is 6.42 Å². The van der Waals surface area contributed by atoms with Gasteiger partial charge in [0.2, 0.25) is 5.75 Å². The summed E-state index contributed by atoms with van der Waals surface area (Å²) >= 11 is 0. The molecule has 0 bridgehead atoms. The topological polar surface area (TPSA) is 38.7 Å². The Morgan fingerprint density at radius 3 is 2.58 bits per heavy atom. The van der Waals surface area contributed by atoms with Gasteiger partial charge < -0.3 is 14.6 Å². The van der Waals surface area contributed by atoms with Gasteiger partial charge in [-0.3, -0.25) is 0 Å². The molecule has 19 heavy (non-hydrogen) atoms. The molecule has 3 nitrogen and oxygen atoms in total. The number of phenolic OH excluding ortho intramolecular Hbond substituents is 1. The second-order valence-electron chi connectivity index (χ2n) is 4.33. The summed E-state index contributed by atoms with van der Waals surface area (Å²) in [4.78, 5) is 0. The van der Waals surface area contributed by atoms with Crippen LogP contribution in [0.15, 0.2) is 42.5 Å². The number of phenols is 1. The molecule has 0 aliphatic heterocycles. The molecular weight excluding hydrogens is 240 g/mol. The molecule has 0 spiro atoms. The van der Waals surface area contributed by atoms with Crippen LogP contribution in [0.5, 0.6) is 17.2 Å². The Kier molecular flexibility index (Phi) is 4.29. The average molecular weight is 258 g/mol. The van der Waals surface area contributed by atoms with Crippen LogP contribution in [-0.4, -0.2) is 18.8 Å². The van der Waals surface area contributed by atoms with E-state index < -0.39 is 0 Å². The SMILES string of the molecule is COc1c(O)cccc1OCCc1ccccc1C. The fraction of sp³-hybridized carbons (Fsp3) is 0.250. The van der Waals surface area contributed by atoms with Crippen LogP contribution in [0.3, 0.4) is 0 Å². The maximum absolute atomic E-state index is 9.65. The summed E-state index contributed by atoms with van der Waals surface area (Å²) in [5, 5.41) is 9.65. The second-order valence-corrected chi connectivity index (χ2v) is 4.33. The minimum absolute atomic E-state index is 0.0934. The van der Waals surface area contributed by atoms with Crippen LogP contribution in [0.1, 0.15) is 11.1 Å².